The summed E-state index contributed by atoms with van der Waals surface area (Å²) in [5, 5.41) is 0. The Balaban J connectivity index is 1.46. The van der Waals surface area contributed by atoms with Crippen LogP contribution in [0.5, 0.6) is 17.4 Å². The molecule has 148 valence electrons. The number of benzene rings is 1. The number of aromatic nitrogens is 2. The molecule has 2 fully saturated rings. The fourth-order valence-corrected chi connectivity index (χ4v) is 4.27. The molecule has 1 aliphatic heterocycles. The van der Waals surface area contributed by atoms with Crippen LogP contribution < -0.4 is 9.47 Å². The first kappa shape index (κ1) is 18.7. The number of ether oxygens (including phenoxy) is 2. The average molecular weight is 381 g/mol. The van der Waals surface area contributed by atoms with E-state index < -0.39 is 0 Å². The predicted molar refractivity (Wildman–Crippen MR) is 106 cm³/mol. The number of nitrogens with zero attached hydrogens (tertiary/aromatic N) is 3. The lowest BCUT2D eigenvalue weighted by molar-refractivity contribution is -0.136. The Morgan fingerprint density at radius 3 is 2.64 bits per heavy atom. The van der Waals surface area contributed by atoms with Gasteiger partial charge in [-0.05, 0) is 37.8 Å². The topological polar surface area (TPSA) is 64.6 Å². The first-order valence-electron chi connectivity index (χ1n) is 10.2. The third-order valence-electron chi connectivity index (χ3n) is 5.77. The summed E-state index contributed by atoms with van der Waals surface area (Å²) in [5.74, 6) is 2.47. The van der Waals surface area contributed by atoms with Crippen LogP contribution in [0.4, 0.5) is 0 Å². The van der Waals surface area contributed by atoms with Gasteiger partial charge in [-0.1, -0.05) is 25.0 Å². The van der Waals surface area contributed by atoms with E-state index in [2.05, 4.69) is 9.97 Å². The molecular formula is C22H27N3O3. The molecule has 6 heteroatoms. The van der Waals surface area contributed by atoms with Crippen LogP contribution in [0.25, 0.3) is 0 Å². The molecule has 1 aromatic heterocycles. The van der Waals surface area contributed by atoms with Crippen molar-refractivity contribution in [1.29, 1.82) is 0 Å². The highest BCUT2D eigenvalue weighted by atomic mass is 16.5. The summed E-state index contributed by atoms with van der Waals surface area (Å²) in [7, 11) is 1.61. The first-order chi connectivity index (χ1) is 13.7. The van der Waals surface area contributed by atoms with Gasteiger partial charge in [-0.3, -0.25) is 9.78 Å². The predicted octanol–water partition coefficient (Wildman–Crippen LogP) is 4.17. The summed E-state index contributed by atoms with van der Waals surface area (Å²) in [6, 6.07) is 7.48. The van der Waals surface area contributed by atoms with E-state index in [0.29, 0.717) is 23.3 Å². The van der Waals surface area contributed by atoms with Crippen molar-refractivity contribution in [3.05, 3.63) is 42.4 Å². The van der Waals surface area contributed by atoms with Gasteiger partial charge in [0.2, 0.25) is 11.8 Å². The number of carbonyl (C=O) groups excluding carboxylic acids is 1. The lowest BCUT2D eigenvalue weighted by Crippen LogP contribution is -2.42. The molecule has 0 spiro atoms. The van der Waals surface area contributed by atoms with Crippen molar-refractivity contribution in [2.75, 3.05) is 20.2 Å². The van der Waals surface area contributed by atoms with E-state index in [9.17, 15) is 4.79 Å². The molecule has 1 aromatic carbocycles. The quantitative estimate of drug-likeness (QED) is 0.778. The van der Waals surface area contributed by atoms with Gasteiger partial charge in [0.15, 0.2) is 11.5 Å². The molecule has 1 amide bonds. The number of rotatable bonds is 5. The molecule has 28 heavy (non-hydrogen) atoms. The molecule has 1 aliphatic carbocycles. The van der Waals surface area contributed by atoms with E-state index in [-0.39, 0.29) is 11.8 Å². The van der Waals surface area contributed by atoms with Crippen LogP contribution in [0.1, 0.15) is 50.1 Å². The molecule has 0 radical (unpaired) electrons. The van der Waals surface area contributed by atoms with Crippen LogP contribution in [0, 0.1) is 5.92 Å². The van der Waals surface area contributed by atoms with Crippen LogP contribution in [0.15, 0.2) is 36.7 Å². The second-order valence-electron chi connectivity index (χ2n) is 7.64. The van der Waals surface area contributed by atoms with E-state index in [0.717, 1.165) is 44.5 Å². The smallest absolute Gasteiger partial charge is 0.238 e. The molecule has 4 rings (SSSR count). The molecule has 6 nitrogen and oxygen atoms in total. The molecule has 1 atom stereocenters. The van der Waals surface area contributed by atoms with E-state index in [1.54, 1.807) is 19.5 Å². The second kappa shape index (κ2) is 8.59. The Labute approximate surface area is 165 Å². The normalized spacial score (nSPS) is 20.2. The Bertz CT molecular complexity index is 820. The van der Waals surface area contributed by atoms with E-state index in [4.69, 9.17) is 9.47 Å². The van der Waals surface area contributed by atoms with Gasteiger partial charge in [0.25, 0.3) is 0 Å². The van der Waals surface area contributed by atoms with Crippen LogP contribution >= 0.6 is 0 Å². The van der Waals surface area contributed by atoms with Gasteiger partial charge in [-0.15, -0.1) is 0 Å². The number of para-hydroxylation sites is 2. The average Bonchev–Trinajstić information content (AvgIpc) is 3.29. The van der Waals surface area contributed by atoms with E-state index >= 15 is 0 Å². The van der Waals surface area contributed by atoms with Crippen molar-refractivity contribution in [3.63, 3.8) is 0 Å². The molecule has 1 unspecified atom stereocenters. The fourth-order valence-electron chi connectivity index (χ4n) is 4.27. The third kappa shape index (κ3) is 4.11. The van der Waals surface area contributed by atoms with Crippen LogP contribution in [-0.2, 0) is 4.79 Å². The van der Waals surface area contributed by atoms with Crippen molar-refractivity contribution >= 4 is 5.91 Å². The van der Waals surface area contributed by atoms with Gasteiger partial charge in [-0.25, -0.2) is 4.98 Å². The molecule has 2 heterocycles. The fraction of sp³-hybridized carbons (Fsp3) is 0.500. The van der Waals surface area contributed by atoms with Gasteiger partial charge in [-0.2, -0.15) is 0 Å². The molecule has 2 aromatic rings. The highest BCUT2D eigenvalue weighted by molar-refractivity contribution is 5.79. The number of hydrogen-bond acceptors (Lipinski definition) is 5. The second-order valence-corrected chi connectivity index (χ2v) is 7.64. The summed E-state index contributed by atoms with van der Waals surface area (Å²) in [5.41, 5.74) is 0.885. The Morgan fingerprint density at radius 2 is 1.86 bits per heavy atom. The minimum Gasteiger partial charge on any atom is -0.493 e. The SMILES string of the molecule is COc1ccccc1Oc1cncc(C2CCCN(C(=O)C3CCCC3)C2)n1. The summed E-state index contributed by atoms with van der Waals surface area (Å²) >= 11 is 0. The highest BCUT2D eigenvalue weighted by Crippen LogP contribution is 2.33. The maximum Gasteiger partial charge on any atom is 0.238 e. The molecule has 1 saturated heterocycles. The highest BCUT2D eigenvalue weighted by Gasteiger charge is 2.31. The Kier molecular flexibility index (Phi) is 5.74. The zero-order valence-electron chi connectivity index (χ0n) is 16.3. The van der Waals surface area contributed by atoms with Gasteiger partial charge < -0.3 is 14.4 Å². The molecule has 0 bridgehead atoms. The molecule has 2 aliphatic rings. The maximum atomic E-state index is 12.8. The largest absolute Gasteiger partial charge is 0.493 e. The molecule has 1 saturated carbocycles. The first-order valence-corrected chi connectivity index (χ1v) is 10.2. The van der Waals surface area contributed by atoms with Crippen LogP contribution in [0.2, 0.25) is 0 Å². The van der Waals surface area contributed by atoms with Gasteiger partial charge in [0.1, 0.15) is 0 Å². The monoisotopic (exact) mass is 381 g/mol. The summed E-state index contributed by atoms with van der Waals surface area (Å²) < 4.78 is 11.2. The number of hydrogen-bond donors (Lipinski definition) is 0. The lowest BCUT2D eigenvalue weighted by Gasteiger charge is -2.34. The minimum atomic E-state index is 0.202. The molecule has 0 N–H and O–H groups in total. The summed E-state index contributed by atoms with van der Waals surface area (Å²) in [6.45, 7) is 1.58. The van der Waals surface area contributed by atoms with E-state index in [1.165, 1.54) is 12.8 Å². The molecular weight excluding hydrogens is 354 g/mol. The van der Waals surface area contributed by atoms with E-state index in [1.807, 2.05) is 29.2 Å². The number of likely N-dealkylation sites (tertiary alicyclic amines) is 1. The number of piperidine rings is 1. The Morgan fingerprint density at radius 1 is 1.07 bits per heavy atom. The van der Waals surface area contributed by atoms with Crippen molar-refractivity contribution in [1.82, 2.24) is 14.9 Å². The van der Waals surface area contributed by atoms with Crippen molar-refractivity contribution in [2.45, 2.75) is 44.4 Å². The summed E-state index contributed by atoms with van der Waals surface area (Å²) in [6.07, 6.45) is 9.88. The van der Waals surface area contributed by atoms with Gasteiger partial charge in [0.05, 0.1) is 19.0 Å². The zero-order chi connectivity index (χ0) is 19.3. The van der Waals surface area contributed by atoms with Gasteiger partial charge >= 0.3 is 0 Å². The number of methoxy groups -OCH3 is 1. The Hall–Kier alpha value is -2.63. The number of carbonyl (C=O) groups is 1. The summed E-state index contributed by atoms with van der Waals surface area (Å²) in [4.78, 5) is 23.9. The van der Waals surface area contributed by atoms with Crippen molar-refractivity contribution < 1.29 is 14.3 Å². The van der Waals surface area contributed by atoms with Crippen LogP contribution in [0.3, 0.4) is 0 Å². The van der Waals surface area contributed by atoms with Crippen molar-refractivity contribution in [3.8, 4) is 17.4 Å². The standard InChI is InChI=1S/C22H27N3O3/c1-27-19-10-4-5-11-20(19)28-21-14-23-13-18(24-21)17-9-6-12-25(15-17)22(26)16-7-2-3-8-16/h4-5,10-11,13-14,16-17H,2-3,6-9,12,15H2,1H3. The van der Waals surface area contributed by atoms with Crippen LogP contribution in [-0.4, -0.2) is 41.0 Å². The van der Waals surface area contributed by atoms with Crippen molar-refractivity contribution in [2.24, 2.45) is 5.92 Å². The third-order valence-corrected chi connectivity index (χ3v) is 5.77. The zero-order valence-corrected chi connectivity index (χ0v) is 16.3. The minimum absolute atomic E-state index is 0.202. The number of amides is 1. The van der Waals surface area contributed by atoms with Gasteiger partial charge in [0, 0.05) is 31.1 Å². The lowest BCUT2D eigenvalue weighted by atomic mass is 9.93. The maximum absolute atomic E-state index is 12.8.